The van der Waals surface area contributed by atoms with Crippen molar-refractivity contribution in [2.45, 2.75) is 32.2 Å². The van der Waals surface area contributed by atoms with Gasteiger partial charge in [0.2, 0.25) is 0 Å². The van der Waals surface area contributed by atoms with Gasteiger partial charge in [0.25, 0.3) is 0 Å². The van der Waals surface area contributed by atoms with Crippen LogP contribution in [0.5, 0.6) is 0 Å². The summed E-state index contributed by atoms with van der Waals surface area (Å²) >= 11 is 1.73. The molecule has 2 nitrogen and oxygen atoms in total. The zero-order valence-corrected chi connectivity index (χ0v) is 9.85. The van der Waals surface area contributed by atoms with E-state index in [0.717, 1.165) is 31.6 Å². The van der Waals surface area contributed by atoms with E-state index < -0.39 is 0 Å². The van der Waals surface area contributed by atoms with Crippen LogP contribution in [0, 0.1) is 0 Å². The Bertz CT molecular complexity index is 356. The fraction of sp³-hybridized carbons (Fsp3) is 0.500. The molecule has 0 radical (unpaired) electrons. The van der Waals surface area contributed by atoms with Crippen molar-refractivity contribution in [3.05, 3.63) is 33.7 Å². The molecule has 0 fully saturated rings. The molecular formula is C12H17NOS. The second-order valence-corrected chi connectivity index (χ2v) is 4.69. The van der Waals surface area contributed by atoms with E-state index in [4.69, 9.17) is 10.5 Å². The highest BCUT2D eigenvalue weighted by Gasteiger charge is 2.18. The Morgan fingerprint density at radius 3 is 3.13 bits per heavy atom. The van der Waals surface area contributed by atoms with Gasteiger partial charge in [0.05, 0.1) is 12.6 Å². The van der Waals surface area contributed by atoms with Gasteiger partial charge in [-0.25, -0.2) is 0 Å². The molecule has 0 amide bonds. The predicted octanol–water partition coefficient (Wildman–Crippen LogP) is 3.00. The van der Waals surface area contributed by atoms with Crippen molar-refractivity contribution in [2.24, 2.45) is 5.73 Å². The quantitative estimate of drug-likeness (QED) is 0.855. The third kappa shape index (κ3) is 2.24. The lowest BCUT2D eigenvalue weighted by Gasteiger charge is -2.20. The topological polar surface area (TPSA) is 35.2 Å². The lowest BCUT2D eigenvalue weighted by Crippen LogP contribution is -2.17. The van der Waals surface area contributed by atoms with Crippen molar-refractivity contribution in [1.82, 2.24) is 0 Å². The van der Waals surface area contributed by atoms with Gasteiger partial charge in [0, 0.05) is 4.88 Å². The molecule has 1 atom stereocenters. The average molecular weight is 223 g/mol. The lowest BCUT2D eigenvalue weighted by atomic mass is 10.1. The lowest BCUT2D eigenvalue weighted by molar-refractivity contribution is 0.176. The highest BCUT2D eigenvalue weighted by atomic mass is 32.1. The molecule has 1 unspecified atom stereocenters. The van der Waals surface area contributed by atoms with Gasteiger partial charge in [-0.2, -0.15) is 0 Å². The maximum atomic E-state index is 6.21. The number of hydrogen-bond acceptors (Lipinski definition) is 3. The Balaban J connectivity index is 2.19. The molecule has 0 bridgehead atoms. The van der Waals surface area contributed by atoms with Crippen LogP contribution in [-0.4, -0.2) is 6.61 Å². The van der Waals surface area contributed by atoms with Crippen LogP contribution in [0.3, 0.4) is 0 Å². The van der Waals surface area contributed by atoms with Gasteiger partial charge in [-0.1, -0.05) is 6.92 Å². The number of rotatable bonds is 3. The Labute approximate surface area is 94.7 Å². The molecule has 2 rings (SSSR count). The number of hydrogen-bond donors (Lipinski definition) is 1. The fourth-order valence-corrected chi connectivity index (χ4v) is 2.84. The smallest absolute Gasteiger partial charge is 0.114 e. The number of ether oxygens (including phenoxy) is 1. The van der Waals surface area contributed by atoms with Crippen LogP contribution in [0.2, 0.25) is 0 Å². The van der Waals surface area contributed by atoms with E-state index in [9.17, 15) is 0 Å². The molecule has 2 heterocycles. The summed E-state index contributed by atoms with van der Waals surface area (Å²) in [5.41, 5.74) is 7.56. The summed E-state index contributed by atoms with van der Waals surface area (Å²) in [6, 6.07) is 2.10. The average Bonchev–Trinajstić information content (AvgIpc) is 2.77. The van der Waals surface area contributed by atoms with Crippen LogP contribution < -0.4 is 5.73 Å². The first-order valence-corrected chi connectivity index (χ1v) is 6.35. The summed E-state index contributed by atoms with van der Waals surface area (Å²) in [5, 5.41) is 2.11. The zero-order chi connectivity index (χ0) is 10.7. The molecule has 1 aromatic heterocycles. The van der Waals surface area contributed by atoms with Gasteiger partial charge in [0.1, 0.15) is 5.76 Å². The molecular weight excluding hydrogens is 206 g/mol. The first-order valence-electron chi connectivity index (χ1n) is 5.47. The number of thiophene rings is 1. The third-order valence-electron chi connectivity index (χ3n) is 2.71. The summed E-state index contributed by atoms with van der Waals surface area (Å²) in [6.07, 6.45) is 5.38. The first kappa shape index (κ1) is 10.7. The highest BCUT2D eigenvalue weighted by molar-refractivity contribution is 7.10. The van der Waals surface area contributed by atoms with Crippen molar-refractivity contribution in [2.75, 3.05) is 6.61 Å². The number of nitrogens with two attached hydrogens (primary N) is 1. The zero-order valence-electron chi connectivity index (χ0n) is 9.03. The maximum Gasteiger partial charge on any atom is 0.114 e. The third-order valence-corrected chi connectivity index (χ3v) is 3.76. The molecule has 0 saturated heterocycles. The molecule has 0 spiro atoms. The van der Waals surface area contributed by atoms with E-state index >= 15 is 0 Å². The Kier molecular flexibility index (Phi) is 3.44. The van der Waals surface area contributed by atoms with Crippen molar-refractivity contribution < 1.29 is 4.74 Å². The van der Waals surface area contributed by atoms with Crippen LogP contribution in [0.4, 0.5) is 0 Å². The highest BCUT2D eigenvalue weighted by Crippen LogP contribution is 2.30. The minimum atomic E-state index is -0.0553. The van der Waals surface area contributed by atoms with Gasteiger partial charge < -0.3 is 10.5 Å². The molecule has 0 aliphatic carbocycles. The Morgan fingerprint density at radius 1 is 1.60 bits per heavy atom. The van der Waals surface area contributed by atoms with E-state index in [2.05, 4.69) is 24.4 Å². The van der Waals surface area contributed by atoms with Gasteiger partial charge in [0.15, 0.2) is 0 Å². The predicted molar refractivity (Wildman–Crippen MR) is 63.9 cm³/mol. The molecule has 1 aliphatic rings. The normalized spacial score (nSPS) is 18.1. The summed E-state index contributed by atoms with van der Waals surface area (Å²) < 4.78 is 5.61. The monoisotopic (exact) mass is 223 g/mol. The summed E-state index contributed by atoms with van der Waals surface area (Å²) in [7, 11) is 0. The molecule has 0 saturated carbocycles. The van der Waals surface area contributed by atoms with E-state index in [-0.39, 0.29) is 6.04 Å². The second-order valence-electron chi connectivity index (χ2n) is 3.74. The first-order chi connectivity index (χ1) is 7.33. The van der Waals surface area contributed by atoms with E-state index in [1.54, 1.807) is 11.3 Å². The molecule has 1 aromatic rings. The van der Waals surface area contributed by atoms with Crippen LogP contribution in [0.25, 0.3) is 0 Å². The molecule has 15 heavy (non-hydrogen) atoms. The van der Waals surface area contributed by atoms with Crippen molar-refractivity contribution in [1.29, 1.82) is 0 Å². The van der Waals surface area contributed by atoms with Crippen LogP contribution in [0.1, 0.15) is 36.2 Å². The molecule has 2 N–H and O–H groups in total. The number of aryl methyl sites for hydroxylation is 1. The van der Waals surface area contributed by atoms with E-state index in [1.807, 2.05) is 0 Å². The molecule has 82 valence electrons. The maximum absolute atomic E-state index is 6.21. The van der Waals surface area contributed by atoms with Crippen LogP contribution in [-0.2, 0) is 11.2 Å². The summed E-state index contributed by atoms with van der Waals surface area (Å²) in [4.78, 5) is 1.26. The summed E-state index contributed by atoms with van der Waals surface area (Å²) in [5.74, 6) is 0.957. The van der Waals surface area contributed by atoms with Gasteiger partial charge in [-0.05, 0) is 42.3 Å². The molecule has 0 aromatic carbocycles. The minimum Gasteiger partial charge on any atom is -0.496 e. The van der Waals surface area contributed by atoms with Crippen molar-refractivity contribution in [3.63, 3.8) is 0 Å². The SMILES string of the molecule is CCc1ccsc1C(N)C1=CCCCO1. The fourth-order valence-electron chi connectivity index (χ4n) is 1.83. The van der Waals surface area contributed by atoms with Gasteiger partial charge >= 0.3 is 0 Å². The van der Waals surface area contributed by atoms with E-state index in [0.29, 0.717) is 0 Å². The second kappa shape index (κ2) is 4.81. The van der Waals surface area contributed by atoms with Crippen LogP contribution >= 0.6 is 11.3 Å². The largest absolute Gasteiger partial charge is 0.496 e. The Hall–Kier alpha value is -0.800. The van der Waals surface area contributed by atoms with Crippen molar-refractivity contribution >= 4 is 11.3 Å². The van der Waals surface area contributed by atoms with E-state index in [1.165, 1.54) is 10.4 Å². The standard InChI is InChI=1S/C12H17NOS/c1-2-9-6-8-15-12(9)11(13)10-5-3-4-7-14-10/h5-6,8,11H,2-4,7,13H2,1H3. The Morgan fingerprint density at radius 2 is 2.47 bits per heavy atom. The molecule has 1 aliphatic heterocycles. The van der Waals surface area contributed by atoms with Gasteiger partial charge in [-0.15, -0.1) is 11.3 Å². The molecule has 3 heteroatoms. The van der Waals surface area contributed by atoms with Crippen LogP contribution in [0.15, 0.2) is 23.3 Å². The van der Waals surface area contributed by atoms with Crippen molar-refractivity contribution in [3.8, 4) is 0 Å². The van der Waals surface area contributed by atoms with Gasteiger partial charge in [-0.3, -0.25) is 0 Å². The number of allylic oxidation sites excluding steroid dienone is 1. The summed E-state index contributed by atoms with van der Waals surface area (Å²) in [6.45, 7) is 2.97. The minimum absolute atomic E-state index is 0.0553.